The van der Waals surface area contributed by atoms with Gasteiger partial charge >= 0.3 is 0 Å². The summed E-state index contributed by atoms with van der Waals surface area (Å²) in [7, 11) is 0. The number of nitrogen functional groups attached to an aromatic ring is 1. The maximum atomic E-state index is 6.60. The van der Waals surface area contributed by atoms with Crippen LogP contribution in [0.3, 0.4) is 0 Å². The van der Waals surface area contributed by atoms with E-state index in [1.54, 1.807) is 6.20 Å². The first-order chi connectivity index (χ1) is 19.1. The molecule has 0 amide bonds. The van der Waals surface area contributed by atoms with Gasteiger partial charge in [-0.15, -0.1) is 0 Å². The molecule has 2 aromatic carbocycles. The van der Waals surface area contributed by atoms with Crippen LogP contribution in [-0.4, -0.2) is 45.8 Å². The van der Waals surface area contributed by atoms with Crippen LogP contribution in [0.5, 0.6) is 0 Å². The van der Waals surface area contributed by atoms with Gasteiger partial charge in [-0.25, -0.2) is 15.0 Å². The Labute approximate surface area is 227 Å². The number of imidazole rings is 1. The first kappa shape index (κ1) is 23.8. The number of pyridine rings is 2. The van der Waals surface area contributed by atoms with Crippen molar-refractivity contribution in [3.8, 4) is 28.3 Å². The van der Waals surface area contributed by atoms with E-state index in [4.69, 9.17) is 26.2 Å². The molecule has 4 N–H and O–H groups in total. The maximum Gasteiger partial charge on any atom is 0.165 e. The summed E-state index contributed by atoms with van der Waals surface area (Å²) in [5.74, 6) is 1.14. The monoisotopic (exact) mass is 517 g/mol. The van der Waals surface area contributed by atoms with E-state index in [1.165, 1.54) is 17.7 Å². The molecular weight excluding hydrogens is 486 g/mol. The Morgan fingerprint density at radius 2 is 1.56 bits per heavy atom. The SMILES string of the molecule is Nc1ncccc1-c1nc2ccc(-c3ccc(N4CCOCC4)cc3)nc2n1-c1ccc(C2(N)CCC2)cc1. The molecule has 0 radical (unpaired) electrons. The third-order valence-electron chi connectivity index (χ3n) is 8.07. The van der Waals surface area contributed by atoms with E-state index in [0.29, 0.717) is 11.6 Å². The highest BCUT2D eigenvalue weighted by Gasteiger charge is 2.34. The number of aromatic nitrogens is 4. The van der Waals surface area contributed by atoms with Crippen LogP contribution in [0.2, 0.25) is 0 Å². The number of hydrogen-bond acceptors (Lipinski definition) is 7. The molecule has 196 valence electrons. The second-order valence-corrected chi connectivity index (χ2v) is 10.4. The third-order valence-corrected chi connectivity index (χ3v) is 8.07. The molecule has 1 aliphatic carbocycles. The number of nitrogens with zero attached hydrogens (tertiary/aromatic N) is 5. The van der Waals surface area contributed by atoms with Gasteiger partial charge in [0.1, 0.15) is 11.3 Å². The van der Waals surface area contributed by atoms with Gasteiger partial charge in [-0.3, -0.25) is 4.57 Å². The van der Waals surface area contributed by atoms with Crippen LogP contribution >= 0.6 is 0 Å². The highest BCUT2D eigenvalue weighted by atomic mass is 16.5. The van der Waals surface area contributed by atoms with Gasteiger partial charge in [-0.2, -0.15) is 0 Å². The Hall–Kier alpha value is -4.27. The normalized spacial score (nSPS) is 16.8. The largest absolute Gasteiger partial charge is 0.383 e. The zero-order valence-corrected chi connectivity index (χ0v) is 21.8. The lowest BCUT2D eigenvalue weighted by atomic mass is 9.73. The van der Waals surface area contributed by atoms with E-state index in [9.17, 15) is 0 Å². The molecule has 8 nitrogen and oxygen atoms in total. The number of rotatable bonds is 5. The minimum Gasteiger partial charge on any atom is -0.383 e. The van der Waals surface area contributed by atoms with Crippen molar-refractivity contribution in [2.24, 2.45) is 5.73 Å². The smallest absolute Gasteiger partial charge is 0.165 e. The lowest BCUT2D eigenvalue weighted by Crippen LogP contribution is -2.43. The molecule has 7 rings (SSSR count). The molecule has 3 aromatic heterocycles. The molecule has 0 bridgehead atoms. The molecule has 1 aliphatic heterocycles. The van der Waals surface area contributed by atoms with Crippen LogP contribution in [0.4, 0.5) is 11.5 Å². The fourth-order valence-electron chi connectivity index (χ4n) is 5.60. The zero-order chi connectivity index (χ0) is 26.4. The van der Waals surface area contributed by atoms with Gasteiger partial charge in [-0.1, -0.05) is 24.3 Å². The fraction of sp³-hybridized carbons (Fsp3) is 0.258. The average Bonchev–Trinajstić information content (AvgIpc) is 3.35. The molecule has 0 spiro atoms. The highest BCUT2D eigenvalue weighted by molar-refractivity contribution is 5.84. The van der Waals surface area contributed by atoms with Crippen molar-refractivity contribution >= 4 is 22.7 Å². The number of benzene rings is 2. The molecule has 2 aliphatic rings. The van der Waals surface area contributed by atoms with Crippen LogP contribution < -0.4 is 16.4 Å². The van der Waals surface area contributed by atoms with Crippen molar-refractivity contribution in [1.82, 2.24) is 19.5 Å². The van der Waals surface area contributed by atoms with Crippen molar-refractivity contribution in [3.05, 3.63) is 84.6 Å². The predicted molar refractivity (Wildman–Crippen MR) is 155 cm³/mol. The van der Waals surface area contributed by atoms with Gasteiger partial charge in [0.2, 0.25) is 0 Å². The van der Waals surface area contributed by atoms with Gasteiger partial charge in [0.25, 0.3) is 0 Å². The van der Waals surface area contributed by atoms with E-state index in [1.807, 2.05) is 24.3 Å². The van der Waals surface area contributed by atoms with E-state index in [2.05, 4.69) is 63.0 Å². The van der Waals surface area contributed by atoms with Crippen molar-refractivity contribution in [2.45, 2.75) is 24.8 Å². The summed E-state index contributed by atoms with van der Waals surface area (Å²) in [5.41, 5.74) is 20.3. The van der Waals surface area contributed by atoms with Crippen molar-refractivity contribution in [3.63, 3.8) is 0 Å². The minimum atomic E-state index is -0.217. The molecule has 39 heavy (non-hydrogen) atoms. The van der Waals surface area contributed by atoms with Crippen LogP contribution in [0.15, 0.2) is 79.0 Å². The van der Waals surface area contributed by atoms with Gasteiger partial charge in [0.05, 0.1) is 24.5 Å². The molecular formula is C31H31N7O. The molecule has 0 unspecified atom stereocenters. The standard InChI is InChI=1S/C31H31N7O/c32-28-25(3-1-16-34-28)29-36-27-13-12-26(21-4-8-23(9-5-21)37-17-19-39-20-18-37)35-30(27)38(29)24-10-6-22(7-11-24)31(33)14-2-15-31/h1,3-13,16H,2,14-15,17-20,33H2,(H2,32,34). The molecule has 1 saturated carbocycles. The van der Waals surface area contributed by atoms with Gasteiger partial charge in [0, 0.05) is 41.8 Å². The molecule has 8 heteroatoms. The van der Waals surface area contributed by atoms with E-state index in [0.717, 1.165) is 72.8 Å². The predicted octanol–water partition coefficient (Wildman–Crippen LogP) is 4.91. The lowest BCUT2D eigenvalue weighted by Gasteiger charge is -2.38. The minimum absolute atomic E-state index is 0.217. The van der Waals surface area contributed by atoms with Gasteiger partial charge in [-0.05, 0) is 73.4 Å². The Kier molecular flexibility index (Phi) is 5.79. The Morgan fingerprint density at radius 1 is 0.821 bits per heavy atom. The fourth-order valence-corrected chi connectivity index (χ4v) is 5.60. The van der Waals surface area contributed by atoms with E-state index in [-0.39, 0.29) is 5.54 Å². The second kappa shape index (κ2) is 9.48. The van der Waals surface area contributed by atoms with Crippen molar-refractivity contribution < 1.29 is 4.74 Å². The third kappa shape index (κ3) is 4.22. The summed E-state index contributed by atoms with van der Waals surface area (Å²) >= 11 is 0. The maximum absolute atomic E-state index is 6.60. The summed E-state index contributed by atoms with van der Waals surface area (Å²) in [6, 6.07) is 24.9. The van der Waals surface area contributed by atoms with Gasteiger partial charge < -0.3 is 21.1 Å². The van der Waals surface area contributed by atoms with Gasteiger partial charge in [0.15, 0.2) is 11.5 Å². The lowest BCUT2D eigenvalue weighted by molar-refractivity contribution is 0.122. The Morgan fingerprint density at radius 3 is 2.26 bits per heavy atom. The second-order valence-electron chi connectivity index (χ2n) is 10.4. The quantitative estimate of drug-likeness (QED) is 0.341. The molecule has 5 aromatic rings. The number of anilines is 2. The average molecular weight is 518 g/mol. The first-order valence-electron chi connectivity index (χ1n) is 13.5. The molecule has 1 saturated heterocycles. The number of nitrogens with two attached hydrogens (primary N) is 2. The van der Waals surface area contributed by atoms with Crippen LogP contribution in [0.1, 0.15) is 24.8 Å². The van der Waals surface area contributed by atoms with E-state index < -0.39 is 0 Å². The van der Waals surface area contributed by atoms with E-state index >= 15 is 0 Å². The summed E-state index contributed by atoms with van der Waals surface area (Å²) in [4.78, 5) is 16.7. The first-order valence-corrected chi connectivity index (χ1v) is 13.5. The molecule has 0 atom stereocenters. The topological polar surface area (TPSA) is 108 Å². The Balaban J connectivity index is 1.33. The number of morpholine rings is 1. The molecule has 2 fully saturated rings. The number of fused-ring (bicyclic) bond motifs is 1. The molecule has 4 heterocycles. The highest BCUT2D eigenvalue weighted by Crippen LogP contribution is 2.39. The Bertz CT molecular complexity index is 1630. The summed E-state index contributed by atoms with van der Waals surface area (Å²) in [6.45, 7) is 3.35. The van der Waals surface area contributed by atoms with Crippen LogP contribution in [0.25, 0.3) is 39.5 Å². The van der Waals surface area contributed by atoms with Crippen molar-refractivity contribution in [2.75, 3.05) is 36.9 Å². The zero-order valence-electron chi connectivity index (χ0n) is 21.8. The summed E-state index contributed by atoms with van der Waals surface area (Å²) in [6.07, 6.45) is 4.91. The number of ether oxygens (including phenoxy) is 1. The van der Waals surface area contributed by atoms with Crippen LogP contribution in [-0.2, 0) is 10.3 Å². The summed E-state index contributed by atoms with van der Waals surface area (Å²) in [5, 5.41) is 0. The van der Waals surface area contributed by atoms with Crippen molar-refractivity contribution in [1.29, 1.82) is 0 Å². The number of hydrogen-bond donors (Lipinski definition) is 2. The van der Waals surface area contributed by atoms with Crippen LogP contribution in [0, 0.1) is 0 Å². The summed E-state index contributed by atoms with van der Waals surface area (Å²) < 4.78 is 7.57.